The van der Waals surface area contributed by atoms with Gasteiger partial charge in [-0.05, 0) is 32.1 Å². The Morgan fingerprint density at radius 2 is 1.10 bits per heavy atom. The Labute approximate surface area is 195 Å². The summed E-state index contributed by atoms with van der Waals surface area (Å²) in [4.78, 5) is 14.3. The van der Waals surface area contributed by atoms with E-state index >= 15 is 0 Å². The van der Waals surface area contributed by atoms with E-state index in [1.54, 1.807) is 0 Å². The maximum absolute atomic E-state index is 12.2. The van der Waals surface area contributed by atoms with E-state index in [-0.39, 0.29) is 12.4 Å². The van der Waals surface area contributed by atoms with Gasteiger partial charge in [0.05, 0.1) is 20.1 Å². The average Bonchev–Trinajstić information content (AvgIpc) is 3.10. The highest BCUT2D eigenvalue weighted by Crippen LogP contribution is 2.18. The van der Waals surface area contributed by atoms with E-state index < -0.39 is 0 Å². The fourth-order valence-electron chi connectivity index (χ4n) is 4.77. The van der Waals surface area contributed by atoms with Gasteiger partial charge in [-0.15, -0.1) is 0 Å². The maximum Gasteiger partial charge on any atom is 0.226 e. The Morgan fingerprint density at radius 1 is 0.700 bits per heavy atom. The molecule has 0 aliphatic carbocycles. The predicted molar refractivity (Wildman–Crippen MR) is 127 cm³/mol. The second-order valence-corrected chi connectivity index (χ2v) is 9.92. The first kappa shape index (κ1) is 29.7. The summed E-state index contributed by atoms with van der Waals surface area (Å²) in [5.41, 5.74) is 0. The number of nitrogens with zero attached hydrogens (tertiary/aromatic N) is 2. The minimum absolute atomic E-state index is 0. The molecule has 1 amide bonds. The summed E-state index contributed by atoms with van der Waals surface area (Å²) in [6.07, 6.45) is 24.0. The van der Waals surface area contributed by atoms with Crippen LogP contribution in [0.2, 0.25) is 0 Å². The minimum Gasteiger partial charge on any atom is -1.00 e. The molecule has 0 atom stereocenters. The molecule has 0 radical (unpaired) electrons. The van der Waals surface area contributed by atoms with Gasteiger partial charge in [0.25, 0.3) is 0 Å². The highest BCUT2D eigenvalue weighted by molar-refractivity contribution is 5.77. The smallest absolute Gasteiger partial charge is 0.226 e. The summed E-state index contributed by atoms with van der Waals surface area (Å²) in [6, 6.07) is 0. The van der Waals surface area contributed by atoms with Gasteiger partial charge in [-0.3, -0.25) is 9.69 Å². The van der Waals surface area contributed by atoms with Gasteiger partial charge in [0.15, 0.2) is 6.67 Å². The lowest BCUT2D eigenvalue weighted by atomic mass is 10.1. The zero-order chi connectivity index (χ0) is 21.2. The fourth-order valence-corrected chi connectivity index (χ4v) is 4.77. The Bertz CT molecular complexity index is 382. The van der Waals surface area contributed by atoms with Gasteiger partial charge in [0.2, 0.25) is 5.91 Å². The summed E-state index contributed by atoms with van der Waals surface area (Å²) >= 11 is 0. The number of unbranched alkanes of at least 4 members (excludes halogenated alkanes) is 14. The molecule has 0 aromatic rings. The molecule has 0 bridgehead atoms. The summed E-state index contributed by atoms with van der Waals surface area (Å²) < 4.78 is 1.08. The first-order chi connectivity index (χ1) is 14.1. The molecule has 3 nitrogen and oxygen atoms in total. The molecule has 0 aromatic heterocycles. The highest BCUT2D eigenvalue weighted by atomic mass is 35.5. The van der Waals surface area contributed by atoms with Crippen molar-refractivity contribution in [2.24, 2.45) is 0 Å². The normalized spacial score (nSPS) is 14.4. The standard InChI is InChI=1S/C26H53N2O.ClH/c1-4-6-8-10-12-14-16-18-23-28(3,25-27-22-20-21-26(27)29)24-19-17-15-13-11-9-7-5-2;/h4-25H2,1-3H3;1H/q+1;/p-1. The second kappa shape index (κ2) is 19.4. The molecular formula is C26H53ClN2O. The largest absolute Gasteiger partial charge is 1.00 e. The minimum atomic E-state index is 0. The molecular weight excluding hydrogens is 392 g/mol. The van der Waals surface area contributed by atoms with Crippen molar-refractivity contribution in [2.45, 2.75) is 129 Å². The topological polar surface area (TPSA) is 20.3 Å². The van der Waals surface area contributed by atoms with Gasteiger partial charge < -0.3 is 16.9 Å². The number of halogens is 1. The van der Waals surface area contributed by atoms with Gasteiger partial charge in [-0.25, -0.2) is 0 Å². The second-order valence-electron chi connectivity index (χ2n) is 9.92. The summed E-state index contributed by atoms with van der Waals surface area (Å²) in [5.74, 6) is 0.390. The van der Waals surface area contributed by atoms with E-state index in [2.05, 4.69) is 25.8 Å². The third-order valence-electron chi connectivity index (χ3n) is 6.79. The number of hydrogen-bond donors (Lipinski definition) is 0. The van der Waals surface area contributed by atoms with Crippen molar-refractivity contribution in [3.8, 4) is 0 Å². The van der Waals surface area contributed by atoms with Gasteiger partial charge in [0, 0.05) is 13.0 Å². The average molecular weight is 445 g/mol. The van der Waals surface area contributed by atoms with Crippen molar-refractivity contribution < 1.29 is 21.7 Å². The van der Waals surface area contributed by atoms with Crippen molar-refractivity contribution >= 4 is 5.91 Å². The molecule has 0 unspecified atom stereocenters. The van der Waals surface area contributed by atoms with Crippen LogP contribution in [0.5, 0.6) is 0 Å². The summed E-state index contributed by atoms with van der Waals surface area (Å²) in [7, 11) is 2.41. The fraction of sp³-hybridized carbons (Fsp3) is 0.962. The van der Waals surface area contributed by atoms with Crippen LogP contribution in [0.1, 0.15) is 129 Å². The molecule has 1 saturated heterocycles. The van der Waals surface area contributed by atoms with Crippen LogP contribution in [-0.4, -0.2) is 48.6 Å². The third kappa shape index (κ3) is 14.7. The van der Waals surface area contributed by atoms with Crippen molar-refractivity contribution in [1.82, 2.24) is 4.90 Å². The molecule has 1 rings (SSSR count). The van der Waals surface area contributed by atoms with E-state index in [4.69, 9.17) is 0 Å². The molecule has 4 heteroatoms. The van der Waals surface area contributed by atoms with Crippen LogP contribution in [0.4, 0.5) is 0 Å². The van der Waals surface area contributed by atoms with E-state index in [9.17, 15) is 4.79 Å². The van der Waals surface area contributed by atoms with Crippen molar-refractivity contribution in [1.29, 1.82) is 0 Å². The van der Waals surface area contributed by atoms with Gasteiger partial charge in [-0.1, -0.05) is 90.9 Å². The Hall–Kier alpha value is -0.280. The van der Waals surface area contributed by atoms with Crippen LogP contribution >= 0.6 is 0 Å². The number of hydrogen-bond acceptors (Lipinski definition) is 1. The number of quaternary nitrogens is 1. The molecule has 180 valence electrons. The Kier molecular flexibility index (Phi) is 19.2. The van der Waals surface area contributed by atoms with Crippen molar-refractivity contribution in [3.05, 3.63) is 0 Å². The molecule has 30 heavy (non-hydrogen) atoms. The van der Waals surface area contributed by atoms with E-state index in [0.717, 1.165) is 30.5 Å². The molecule has 1 aliphatic rings. The van der Waals surface area contributed by atoms with Crippen LogP contribution in [0.3, 0.4) is 0 Å². The molecule has 0 aromatic carbocycles. The third-order valence-corrected chi connectivity index (χ3v) is 6.79. The SMILES string of the molecule is CCCCCCCCCC[N+](C)(CCCCCCCCCC)CN1CCCC1=O.[Cl-]. The molecule has 0 spiro atoms. The maximum atomic E-state index is 12.2. The van der Waals surface area contributed by atoms with Gasteiger partial charge in [0.1, 0.15) is 0 Å². The Morgan fingerprint density at radius 3 is 1.47 bits per heavy atom. The number of rotatable bonds is 20. The molecule has 0 N–H and O–H groups in total. The number of likely N-dealkylation sites (tertiary alicyclic amines) is 1. The lowest BCUT2D eigenvalue weighted by Crippen LogP contribution is -3.00. The lowest BCUT2D eigenvalue weighted by molar-refractivity contribution is -0.918. The van der Waals surface area contributed by atoms with Gasteiger partial charge >= 0.3 is 0 Å². The number of amides is 1. The highest BCUT2D eigenvalue weighted by Gasteiger charge is 2.29. The van der Waals surface area contributed by atoms with Gasteiger partial charge in [-0.2, -0.15) is 0 Å². The van der Waals surface area contributed by atoms with Crippen LogP contribution in [0.15, 0.2) is 0 Å². The summed E-state index contributed by atoms with van der Waals surface area (Å²) in [5, 5.41) is 0. The van der Waals surface area contributed by atoms with Crippen LogP contribution < -0.4 is 12.4 Å². The predicted octanol–water partition coefficient (Wildman–Crippen LogP) is 4.30. The van der Waals surface area contributed by atoms with Crippen LogP contribution in [0, 0.1) is 0 Å². The van der Waals surface area contributed by atoms with Crippen LogP contribution in [0.25, 0.3) is 0 Å². The van der Waals surface area contributed by atoms with Crippen molar-refractivity contribution in [2.75, 3.05) is 33.4 Å². The van der Waals surface area contributed by atoms with E-state index in [0.29, 0.717) is 5.91 Å². The molecule has 1 heterocycles. The van der Waals surface area contributed by atoms with E-state index in [1.807, 2.05) is 0 Å². The first-order valence-corrected chi connectivity index (χ1v) is 13.2. The lowest BCUT2D eigenvalue weighted by Gasteiger charge is -2.38. The zero-order valence-corrected chi connectivity index (χ0v) is 21.5. The quantitative estimate of drug-likeness (QED) is 0.202. The van der Waals surface area contributed by atoms with Crippen LogP contribution in [-0.2, 0) is 4.79 Å². The first-order valence-electron chi connectivity index (χ1n) is 13.2. The monoisotopic (exact) mass is 444 g/mol. The zero-order valence-electron chi connectivity index (χ0n) is 20.7. The molecule has 0 saturated carbocycles. The summed E-state index contributed by atoms with van der Waals surface area (Å²) in [6.45, 7) is 9.00. The molecule has 1 fully saturated rings. The Balaban J connectivity index is 0.00000841. The van der Waals surface area contributed by atoms with Crippen molar-refractivity contribution in [3.63, 3.8) is 0 Å². The van der Waals surface area contributed by atoms with E-state index in [1.165, 1.54) is 116 Å². The number of carbonyl (C=O) groups excluding carboxylic acids is 1. The molecule has 1 aliphatic heterocycles. The number of carbonyl (C=O) groups is 1.